The molecule has 0 radical (unpaired) electrons. The van der Waals surface area contributed by atoms with Crippen LogP contribution in [0.4, 0.5) is 0 Å². The van der Waals surface area contributed by atoms with Crippen molar-refractivity contribution in [3.63, 3.8) is 0 Å². The fourth-order valence-electron chi connectivity index (χ4n) is 1.72. The third-order valence-corrected chi connectivity index (χ3v) is 3.48. The second kappa shape index (κ2) is 6.58. The molecule has 1 aromatic rings. The van der Waals surface area contributed by atoms with Crippen molar-refractivity contribution in [1.29, 1.82) is 0 Å². The maximum atomic E-state index is 2.37. The summed E-state index contributed by atoms with van der Waals surface area (Å²) in [6.07, 6.45) is 6.96. The topological polar surface area (TPSA) is 0 Å². The van der Waals surface area contributed by atoms with Crippen LogP contribution in [0, 0.1) is 5.41 Å². The average Bonchev–Trinajstić information content (AvgIpc) is 2.34. The molecule has 0 bridgehead atoms. The van der Waals surface area contributed by atoms with Gasteiger partial charge in [0.15, 0.2) is 0 Å². The summed E-state index contributed by atoms with van der Waals surface area (Å²) in [4.78, 5) is 0. The Morgan fingerprint density at radius 1 is 0.944 bits per heavy atom. The van der Waals surface area contributed by atoms with E-state index in [2.05, 4.69) is 77.1 Å². The molecule has 0 aliphatic carbocycles. The Morgan fingerprint density at radius 2 is 1.50 bits per heavy atom. The van der Waals surface area contributed by atoms with E-state index >= 15 is 0 Å². The zero-order valence-corrected chi connectivity index (χ0v) is 12.5. The quantitative estimate of drug-likeness (QED) is 0.458. The molecular weight excluding hydrogens is 216 g/mol. The van der Waals surface area contributed by atoms with E-state index in [0.717, 1.165) is 12.8 Å². The van der Waals surface area contributed by atoms with Crippen LogP contribution in [0.5, 0.6) is 0 Å². The minimum Gasteiger partial charge on any atom is -0.0848 e. The van der Waals surface area contributed by atoms with Gasteiger partial charge in [0.05, 0.1) is 0 Å². The molecule has 0 nitrogen and oxygen atoms in total. The normalized spacial score (nSPS) is 13.8. The standard InChI is InChI=1S/C18H26/c1-15(17-13-7-6-8-14-17)11-9-10-12-16(2)18(3,4)5/h6-8,11-14H,9-10H2,1-5H3/b15-11+,16-12+. The van der Waals surface area contributed by atoms with Crippen molar-refractivity contribution in [2.24, 2.45) is 5.41 Å². The summed E-state index contributed by atoms with van der Waals surface area (Å²) < 4.78 is 0. The number of unbranched alkanes of at least 4 members (excludes halogenated alkanes) is 1. The van der Waals surface area contributed by atoms with E-state index in [4.69, 9.17) is 0 Å². The number of benzene rings is 1. The van der Waals surface area contributed by atoms with Gasteiger partial charge in [0.1, 0.15) is 0 Å². The van der Waals surface area contributed by atoms with Crippen molar-refractivity contribution >= 4 is 5.57 Å². The largest absolute Gasteiger partial charge is 0.0848 e. The Bertz CT molecular complexity index is 413. The Morgan fingerprint density at radius 3 is 2.06 bits per heavy atom. The first kappa shape index (κ1) is 14.8. The Hall–Kier alpha value is -1.30. The summed E-state index contributed by atoms with van der Waals surface area (Å²) >= 11 is 0. The monoisotopic (exact) mass is 242 g/mol. The van der Waals surface area contributed by atoms with Gasteiger partial charge in [-0.15, -0.1) is 0 Å². The molecule has 0 saturated heterocycles. The van der Waals surface area contributed by atoms with Crippen LogP contribution < -0.4 is 0 Å². The summed E-state index contributed by atoms with van der Waals surface area (Å²) in [5, 5.41) is 0. The van der Waals surface area contributed by atoms with Gasteiger partial charge < -0.3 is 0 Å². The van der Waals surface area contributed by atoms with Crippen LogP contribution >= 0.6 is 0 Å². The van der Waals surface area contributed by atoms with E-state index in [1.807, 2.05) is 0 Å². The van der Waals surface area contributed by atoms with Gasteiger partial charge in [-0.2, -0.15) is 0 Å². The van der Waals surface area contributed by atoms with Crippen LogP contribution in [0.1, 0.15) is 53.0 Å². The first-order chi connectivity index (χ1) is 8.41. The molecular formula is C18H26. The van der Waals surface area contributed by atoms with Crippen LogP contribution in [-0.2, 0) is 0 Å². The van der Waals surface area contributed by atoms with Gasteiger partial charge in [0.25, 0.3) is 0 Å². The first-order valence-electron chi connectivity index (χ1n) is 6.80. The van der Waals surface area contributed by atoms with E-state index in [1.54, 1.807) is 0 Å². The average molecular weight is 242 g/mol. The highest BCUT2D eigenvalue weighted by Gasteiger charge is 2.11. The number of hydrogen-bond acceptors (Lipinski definition) is 0. The van der Waals surface area contributed by atoms with Gasteiger partial charge in [-0.1, -0.05) is 68.8 Å². The number of allylic oxidation sites excluding steroid dienone is 4. The second-order valence-corrected chi connectivity index (χ2v) is 5.97. The second-order valence-electron chi connectivity index (χ2n) is 5.97. The third kappa shape index (κ3) is 4.91. The van der Waals surface area contributed by atoms with Gasteiger partial charge in [0, 0.05) is 0 Å². The summed E-state index contributed by atoms with van der Waals surface area (Å²) in [7, 11) is 0. The van der Waals surface area contributed by atoms with E-state index < -0.39 is 0 Å². The summed E-state index contributed by atoms with van der Waals surface area (Å²) in [6, 6.07) is 10.6. The highest BCUT2D eigenvalue weighted by Crippen LogP contribution is 2.25. The van der Waals surface area contributed by atoms with Crippen molar-refractivity contribution in [3.8, 4) is 0 Å². The van der Waals surface area contributed by atoms with Crippen LogP contribution in [0.25, 0.3) is 5.57 Å². The van der Waals surface area contributed by atoms with Crippen molar-refractivity contribution < 1.29 is 0 Å². The van der Waals surface area contributed by atoms with Crippen LogP contribution in [0.15, 0.2) is 48.1 Å². The lowest BCUT2D eigenvalue weighted by molar-refractivity contribution is 0.501. The van der Waals surface area contributed by atoms with Crippen molar-refractivity contribution in [1.82, 2.24) is 0 Å². The first-order valence-corrected chi connectivity index (χ1v) is 6.80. The summed E-state index contributed by atoms with van der Waals surface area (Å²) in [5.41, 5.74) is 4.48. The lowest BCUT2D eigenvalue weighted by atomic mass is 9.87. The molecule has 0 aliphatic rings. The highest BCUT2D eigenvalue weighted by atomic mass is 14.2. The molecule has 0 fully saturated rings. The van der Waals surface area contributed by atoms with Gasteiger partial charge in [-0.05, 0) is 43.2 Å². The predicted molar refractivity (Wildman–Crippen MR) is 82.5 cm³/mol. The SMILES string of the molecule is C/C(=C\CC/C=C(\C)C(C)(C)C)c1ccccc1. The Balaban J connectivity index is 2.52. The molecule has 0 N–H and O–H groups in total. The molecule has 0 amide bonds. The molecule has 18 heavy (non-hydrogen) atoms. The maximum absolute atomic E-state index is 2.37. The number of hydrogen-bond donors (Lipinski definition) is 0. The fraction of sp³-hybridized carbons (Fsp3) is 0.444. The lowest BCUT2D eigenvalue weighted by Gasteiger charge is -2.19. The van der Waals surface area contributed by atoms with Gasteiger partial charge >= 0.3 is 0 Å². The van der Waals surface area contributed by atoms with Crippen LogP contribution in [-0.4, -0.2) is 0 Å². The molecule has 0 aromatic heterocycles. The molecule has 0 saturated carbocycles. The lowest BCUT2D eigenvalue weighted by Crippen LogP contribution is -2.06. The summed E-state index contributed by atoms with van der Waals surface area (Å²) in [6.45, 7) is 11.2. The molecule has 0 unspecified atom stereocenters. The number of rotatable bonds is 4. The van der Waals surface area contributed by atoms with Gasteiger partial charge in [0.2, 0.25) is 0 Å². The zero-order valence-electron chi connectivity index (χ0n) is 12.5. The molecule has 1 aromatic carbocycles. The molecule has 0 heteroatoms. The smallest absolute Gasteiger partial charge is 0.0176 e. The van der Waals surface area contributed by atoms with Crippen molar-refractivity contribution in [3.05, 3.63) is 53.6 Å². The fourth-order valence-corrected chi connectivity index (χ4v) is 1.72. The van der Waals surface area contributed by atoms with Gasteiger partial charge in [-0.25, -0.2) is 0 Å². The molecule has 98 valence electrons. The molecule has 0 atom stereocenters. The van der Waals surface area contributed by atoms with Gasteiger partial charge in [-0.3, -0.25) is 0 Å². The minimum absolute atomic E-state index is 0.304. The summed E-state index contributed by atoms with van der Waals surface area (Å²) in [5.74, 6) is 0. The highest BCUT2D eigenvalue weighted by molar-refractivity contribution is 5.63. The van der Waals surface area contributed by atoms with E-state index in [9.17, 15) is 0 Å². The van der Waals surface area contributed by atoms with E-state index in [1.165, 1.54) is 16.7 Å². The predicted octanol–water partition coefficient (Wildman–Crippen LogP) is 5.86. The van der Waals surface area contributed by atoms with Crippen LogP contribution in [0.3, 0.4) is 0 Å². The van der Waals surface area contributed by atoms with E-state index in [-0.39, 0.29) is 0 Å². The molecule has 0 heterocycles. The minimum atomic E-state index is 0.304. The molecule has 1 rings (SSSR count). The molecule has 0 aliphatic heterocycles. The van der Waals surface area contributed by atoms with Crippen molar-refractivity contribution in [2.45, 2.75) is 47.5 Å². The zero-order chi connectivity index (χ0) is 13.6. The maximum Gasteiger partial charge on any atom is -0.0176 e. The van der Waals surface area contributed by atoms with Crippen molar-refractivity contribution in [2.75, 3.05) is 0 Å². The molecule has 0 spiro atoms. The third-order valence-electron chi connectivity index (χ3n) is 3.48. The Labute approximate surface area is 112 Å². The van der Waals surface area contributed by atoms with E-state index in [0.29, 0.717) is 5.41 Å². The van der Waals surface area contributed by atoms with Crippen LogP contribution in [0.2, 0.25) is 0 Å². The Kier molecular flexibility index (Phi) is 5.40.